The number of aromatic nitrogens is 1. The summed E-state index contributed by atoms with van der Waals surface area (Å²) in [6, 6.07) is 13.8. The van der Waals surface area contributed by atoms with Crippen LogP contribution in [0.15, 0.2) is 53.7 Å². The number of piperazine rings is 1. The lowest BCUT2D eigenvalue weighted by Gasteiger charge is -2.34. The first-order valence-corrected chi connectivity index (χ1v) is 11.2. The Kier molecular flexibility index (Phi) is 10.7. The Labute approximate surface area is 209 Å². The van der Waals surface area contributed by atoms with E-state index in [0.29, 0.717) is 19.0 Å². The summed E-state index contributed by atoms with van der Waals surface area (Å²) in [6.45, 7) is 13.0. The smallest absolute Gasteiger partial charge is 0.191 e. The van der Waals surface area contributed by atoms with Crippen LogP contribution in [-0.2, 0) is 12.1 Å². The van der Waals surface area contributed by atoms with E-state index >= 15 is 0 Å². The van der Waals surface area contributed by atoms with Gasteiger partial charge in [0.2, 0.25) is 0 Å². The molecule has 1 aliphatic heterocycles. The molecule has 1 fully saturated rings. The molecule has 1 saturated heterocycles. The maximum atomic E-state index is 10.8. The van der Waals surface area contributed by atoms with Crippen LogP contribution < -0.4 is 15.5 Å². The van der Waals surface area contributed by atoms with Gasteiger partial charge in [-0.3, -0.25) is 0 Å². The number of halogens is 1. The molecule has 1 aliphatic rings. The maximum Gasteiger partial charge on any atom is 0.191 e. The summed E-state index contributed by atoms with van der Waals surface area (Å²) in [7, 11) is 0. The summed E-state index contributed by atoms with van der Waals surface area (Å²) in [6.07, 6.45) is 1.87. The van der Waals surface area contributed by atoms with E-state index in [1.54, 1.807) is 0 Å². The third kappa shape index (κ3) is 7.60. The highest BCUT2D eigenvalue weighted by Crippen LogP contribution is 2.19. The quantitative estimate of drug-likeness (QED) is 0.266. The van der Waals surface area contributed by atoms with E-state index < -0.39 is 5.60 Å². The third-order valence-electron chi connectivity index (χ3n) is 5.71. The van der Waals surface area contributed by atoms with Crippen molar-refractivity contribution in [1.82, 2.24) is 20.5 Å². The molecule has 3 rings (SSSR count). The van der Waals surface area contributed by atoms with Crippen LogP contribution in [0, 0.1) is 0 Å². The molecule has 1 unspecified atom stereocenters. The van der Waals surface area contributed by atoms with Crippen molar-refractivity contribution in [1.29, 1.82) is 0 Å². The average Bonchev–Trinajstić information content (AvgIpc) is 2.82. The lowest BCUT2D eigenvalue weighted by atomic mass is 9.96. The van der Waals surface area contributed by atoms with Crippen LogP contribution in [0.4, 0.5) is 5.82 Å². The van der Waals surface area contributed by atoms with Crippen molar-refractivity contribution in [2.45, 2.75) is 32.9 Å². The SMILES string of the molecule is CCNC(=NCc1ccnc(N2CCN(CC)CC2)c1)NCC(C)(O)c1ccccc1.I. The van der Waals surface area contributed by atoms with Crippen molar-refractivity contribution in [3.8, 4) is 0 Å². The first-order valence-electron chi connectivity index (χ1n) is 11.2. The molecule has 1 aromatic carbocycles. The van der Waals surface area contributed by atoms with Gasteiger partial charge in [0, 0.05) is 38.9 Å². The number of anilines is 1. The van der Waals surface area contributed by atoms with Crippen LogP contribution in [0.25, 0.3) is 0 Å². The number of likely N-dealkylation sites (N-methyl/N-ethyl adjacent to an activating group) is 1. The Balaban J connectivity index is 0.00000363. The number of aliphatic hydroxyl groups is 1. The van der Waals surface area contributed by atoms with Gasteiger partial charge in [-0.05, 0) is 43.7 Å². The molecule has 8 heteroatoms. The molecule has 0 bridgehead atoms. The second-order valence-corrected chi connectivity index (χ2v) is 8.13. The molecule has 32 heavy (non-hydrogen) atoms. The largest absolute Gasteiger partial charge is 0.384 e. The van der Waals surface area contributed by atoms with Gasteiger partial charge in [0.25, 0.3) is 0 Å². The van der Waals surface area contributed by atoms with Crippen LogP contribution in [0.2, 0.25) is 0 Å². The van der Waals surface area contributed by atoms with Gasteiger partial charge in [-0.2, -0.15) is 0 Å². The maximum absolute atomic E-state index is 10.8. The van der Waals surface area contributed by atoms with Gasteiger partial charge in [0.05, 0.1) is 13.1 Å². The van der Waals surface area contributed by atoms with Gasteiger partial charge in [0.15, 0.2) is 5.96 Å². The Bertz CT molecular complexity index is 837. The number of hydrogen-bond donors (Lipinski definition) is 3. The van der Waals surface area contributed by atoms with Gasteiger partial charge in [-0.1, -0.05) is 37.3 Å². The molecule has 1 atom stereocenters. The molecule has 2 aromatic rings. The number of benzene rings is 1. The Morgan fingerprint density at radius 1 is 1.09 bits per heavy atom. The summed E-state index contributed by atoms with van der Waals surface area (Å²) >= 11 is 0. The predicted octanol–water partition coefficient (Wildman–Crippen LogP) is 2.80. The van der Waals surface area contributed by atoms with Gasteiger partial charge in [-0.25, -0.2) is 9.98 Å². The van der Waals surface area contributed by atoms with Gasteiger partial charge >= 0.3 is 0 Å². The van der Waals surface area contributed by atoms with Gasteiger partial charge in [0.1, 0.15) is 11.4 Å². The van der Waals surface area contributed by atoms with Crippen LogP contribution in [0.1, 0.15) is 31.9 Å². The lowest BCUT2D eigenvalue weighted by molar-refractivity contribution is 0.0617. The van der Waals surface area contributed by atoms with Crippen molar-refractivity contribution in [3.05, 3.63) is 59.8 Å². The first kappa shape index (κ1) is 26.3. The van der Waals surface area contributed by atoms with Crippen LogP contribution in [0.3, 0.4) is 0 Å². The number of nitrogens with one attached hydrogen (secondary N) is 2. The predicted molar refractivity (Wildman–Crippen MR) is 143 cm³/mol. The summed E-state index contributed by atoms with van der Waals surface area (Å²) < 4.78 is 0. The summed E-state index contributed by atoms with van der Waals surface area (Å²) in [4.78, 5) is 14.1. The molecule has 1 aromatic heterocycles. The molecule has 0 amide bonds. The van der Waals surface area contributed by atoms with E-state index in [-0.39, 0.29) is 24.0 Å². The number of nitrogens with zero attached hydrogens (tertiary/aromatic N) is 4. The highest BCUT2D eigenvalue weighted by molar-refractivity contribution is 14.0. The standard InChI is InChI=1S/C24H36N6O.HI/c1-4-25-23(28-19-24(3,31)21-9-7-6-8-10-21)27-18-20-11-12-26-22(17-20)30-15-13-29(5-2)14-16-30;/h6-12,17,31H,4-5,13-16,18-19H2,1-3H3,(H2,25,27,28);1H. The molecule has 2 heterocycles. The zero-order chi connectivity index (χ0) is 22.1. The van der Waals surface area contributed by atoms with E-state index in [0.717, 1.165) is 56.2 Å². The zero-order valence-electron chi connectivity index (χ0n) is 19.4. The Morgan fingerprint density at radius 3 is 2.47 bits per heavy atom. The van der Waals surface area contributed by atoms with Crippen molar-refractivity contribution in [3.63, 3.8) is 0 Å². The highest BCUT2D eigenvalue weighted by Gasteiger charge is 2.23. The molecule has 176 valence electrons. The third-order valence-corrected chi connectivity index (χ3v) is 5.71. The van der Waals surface area contributed by atoms with Crippen LogP contribution in [-0.4, -0.2) is 66.8 Å². The van der Waals surface area contributed by atoms with Crippen molar-refractivity contribution < 1.29 is 5.11 Å². The minimum atomic E-state index is -0.984. The minimum absolute atomic E-state index is 0. The van der Waals surface area contributed by atoms with Crippen molar-refractivity contribution in [2.24, 2.45) is 4.99 Å². The summed E-state index contributed by atoms with van der Waals surface area (Å²) in [5.74, 6) is 1.71. The van der Waals surface area contributed by atoms with Crippen LogP contribution in [0.5, 0.6) is 0 Å². The first-order chi connectivity index (χ1) is 15.0. The number of rotatable bonds is 8. The van der Waals surface area contributed by atoms with E-state index in [1.165, 1.54) is 0 Å². The number of hydrogen-bond acceptors (Lipinski definition) is 5. The average molecular weight is 553 g/mol. The normalized spacial score (nSPS) is 16.8. The van der Waals surface area contributed by atoms with Gasteiger partial charge in [-0.15, -0.1) is 24.0 Å². The molecule has 0 aliphatic carbocycles. The van der Waals surface area contributed by atoms with Gasteiger partial charge < -0.3 is 25.5 Å². The molecular formula is C24H37IN6O. The number of pyridine rings is 1. The molecule has 0 spiro atoms. The van der Waals surface area contributed by atoms with E-state index in [9.17, 15) is 5.11 Å². The van der Waals surface area contributed by atoms with E-state index in [1.807, 2.05) is 56.4 Å². The number of aliphatic imine (C=N–C) groups is 1. The molecule has 7 nitrogen and oxygen atoms in total. The Hall–Kier alpha value is -1.91. The fraction of sp³-hybridized carbons (Fsp3) is 0.500. The molecule has 0 radical (unpaired) electrons. The highest BCUT2D eigenvalue weighted by atomic mass is 127. The van der Waals surface area contributed by atoms with Crippen molar-refractivity contribution in [2.75, 3.05) is 50.7 Å². The Morgan fingerprint density at radius 2 is 1.81 bits per heavy atom. The fourth-order valence-electron chi connectivity index (χ4n) is 3.69. The van der Waals surface area contributed by atoms with Crippen LogP contribution >= 0.6 is 24.0 Å². The topological polar surface area (TPSA) is 76.0 Å². The van der Waals surface area contributed by atoms with E-state index in [2.05, 4.69) is 38.4 Å². The second-order valence-electron chi connectivity index (χ2n) is 8.13. The number of guanidine groups is 1. The fourth-order valence-corrected chi connectivity index (χ4v) is 3.69. The molecule has 3 N–H and O–H groups in total. The zero-order valence-corrected chi connectivity index (χ0v) is 21.8. The van der Waals surface area contributed by atoms with Crippen molar-refractivity contribution >= 4 is 35.8 Å². The molecule has 0 saturated carbocycles. The second kappa shape index (κ2) is 13.0. The van der Waals surface area contributed by atoms with E-state index in [4.69, 9.17) is 4.99 Å². The lowest BCUT2D eigenvalue weighted by Crippen LogP contribution is -2.46. The summed E-state index contributed by atoms with van der Waals surface area (Å²) in [5.41, 5.74) is 1.01. The summed E-state index contributed by atoms with van der Waals surface area (Å²) in [5, 5.41) is 17.4. The monoisotopic (exact) mass is 552 g/mol. The molecular weight excluding hydrogens is 515 g/mol. The minimum Gasteiger partial charge on any atom is -0.384 e.